The summed E-state index contributed by atoms with van der Waals surface area (Å²) in [5.41, 5.74) is 4.60. The lowest BCUT2D eigenvalue weighted by atomic mass is 9.97. The van der Waals surface area contributed by atoms with Crippen LogP contribution in [0, 0.1) is 0 Å². The highest BCUT2D eigenvalue weighted by Crippen LogP contribution is 2.15. The first kappa shape index (κ1) is 15.5. The molecule has 0 radical (unpaired) electrons. The van der Waals surface area contributed by atoms with Gasteiger partial charge < -0.3 is 4.74 Å². The van der Waals surface area contributed by atoms with Crippen molar-refractivity contribution in [1.82, 2.24) is 0 Å². The second-order valence-corrected chi connectivity index (χ2v) is 4.83. The van der Waals surface area contributed by atoms with Crippen molar-refractivity contribution in [2.24, 2.45) is 0 Å². The predicted octanol–water partition coefficient (Wildman–Crippen LogP) is 3.86. The van der Waals surface area contributed by atoms with E-state index in [1.165, 1.54) is 16.7 Å². The van der Waals surface area contributed by atoms with E-state index in [1.807, 2.05) is 0 Å². The maximum atomic E-state index is 11.3. The maximum absolute atomic E-state index is 11.3. The lowest BCUT2D eigenvalue weighted by molar-refractivity contribution is -0.139. The van der Waals surface area contributed by atoms with Crippen molar-refractivity contribution >= 4 is 5.97 Å². The van der Waals surface area contributed by atoms with E-state index in [0.29, 0.717) is 12.2 Å². The van der Waals surface area contributed by atoms with Crippen LogP contribution in [-0.4, -0.2) is 12.6 Å². The SMILES string of the molecule is C=C(C)C(=O)OCCCc1cc(CC)ccc1CC. The number of rotatable bonds is 7. The highest BCUT2D eigenvalue weighted by molar-refractivity contribution is 5.86. The summed E-state index contributed by atoms with van der Waals surface area (Å²) < 4.78 is 5.12. The first-order valence-electron chi connectivity index (χ1n) is 7.01. The van der Waals surface area contributed by atoms with Crippen LogP contribution in [0.5, 0.6) is 0 Å². The topological polar surface area (TPSA) is 26.3 Å². The Labute approximate surface area is 116 Å². The van der Waals surface area contributed by atoms with E-state index in [1.54, 1.807) is 6.92 Å². The monoisotopic (exact) mass is 260 g/mol. The number of aryl methyl sites for hydroxylation is 3. The van der Waals surface area contributed by atoms with Crippen LogP contribution in [0.25, 0.3) is 0 Å². The number of carbonyl (C=O) groups excluding carboxylic acids is 1. The number of ether oxygens (including phenoxy) is 1. The fourth-order valence-corrected chi connectivity index (χ4v) is 2.03. The number of hydrogen-bond acceptors (Lipinski definition) is 2. The highest BCUT2D eigenvalue weighted by atomic mass is 16.5. The maximum Gasteiger partial charge on any atom is 0.333 e. The molecule has 0 spiro atoms. The summed E-state index contributed by atoms with van der Waals surface area (Å²) in [5.74, 6) is -0.293. The average Bonchev–Trinajstić information content (AvgIpc) is 2.42. The van der Waals surface area contributed by atoms with E-state index in [-0.39, 0.29) is 5.97 Å². The van der Waals surface area contributed by atoms with Crippen molar-refractivity contribution in [3.8, 4) is 0 Å². The molecule has 0 heterocycles. The van der Waals surface area contributed by atoms with Crippen molar-refractivity contribution in [1.29, 1.82) is 0 Å². The van der Waals surface area contributed by atoms with Crippen molar-refractivity contribution < 1.29 is 9.53 Å². The van der Waals surface area contributed by atoms with Gasteiger partial charge >= 0.3 is 5.97 Å². The Morgan fingerprint density at radius 3 is 2.53 bits per heavy atom. The van der Waals surface area contributed by atoms with Crippen LogP contribution in [0.15, 0.2) is 30.4 Å². The zero-order valence-electron chi connectivity index (χ0n) is 12.3. The zero-order valence-corrected chi connectivity index (χ0v) is 12.3. The molecule has 104 valence electrons. The molecule has 0 aromatic heterocycles. The molecule has 0 N–H and O–H groups in total. The molecule has 0 atom stereocenters. The summed E-state index contributed by atoms with van der Waals surface area (Å²) in [5, 5.41) is 0. The zero-order chi connectivity index (χ0) is 14.3. The molecule has 0 amide bonds. The standard InChI is InChI=1S/C17H24O2/c1-5-14-9-10-15(6-2)16(12-14)8-7-11-19-17(18)13(3)4/h9-10,12H,3,5-8,11H2,1-2,4H3. The molecule has 0 aliphatic carbocycles. The Morgan fingerprint density at radius 1 is 1.21 bits per heavy atom. The molecule has 0 saturated carbocycles. The molecule has 0 bridgehead atoms. The predicted molar refractivity (Wildman–Crippen MR) is 79.3 cm³/mol. The van der Waals surface area contributed by atoms with Gasteiger partial charge in [-0.1, -0.05) is 38.6 Å². The summed E-state index contributed by atoms with van der Waals surface area (Å²) in [6.07, 6.45) is 3.92. The minimum Gasteiger partial charge on any atom is -0.462 e. The molecule has 19 heavy (non-hydrogen) atoms. The van der Waals surface area contributed by atoms with Crippen LogP contribution in [-0.2, 0) is 28.8 Å². The Morgan fingerprint density at radius 2 is 1.95 bits per heavy atom. The third kappa shape index (κ3) is 4.90. The first-order chi connectivity index (χ1) is 9.08. The molecular weight excluding hydrogens is 236 g/mol. The van der Waals surface area contributed by atoms with Gasteiger partial charge in [0, 0.05) is 5.57 Å². The fraction of sp³-hybridized carbons (Fsp3) is 0.471. The van der Waals surface area contributed by atoms with Crippen LogP contribution >= 0.6 is 0 Å². The van der Waals surface area contributed by atoms with Gasteiger partial charge in [0.05, 0.1) is 6.61 Å². The minimum atomic E-state index is -0.293. The Hall–Kier alpha value is -1.57. The molecule has 0 fully saturated rings. The molecular formula is C17H24O2. The third-order valence-corrected chi connectivity index (χ3v) is 3.23. The molecule has 0 aliphatic rings. The van der Waals surface area contributed by atoms with Crippen molar-refractivity contribution in [2.45, 2.75) is 46.5 Å². The summed E-state index contributed by atoms with van der Waals surface area (Å²) in [4.78, 5) is 11.3. The highest BCUT2D eigenvalue weighted by Gasteiger charge is 2.05. The minimum absolute atomic E-state index is 0.293. The van der Waals surface area contributed by atoms with Gasteiger partial charge in [-0.2, -0.15) is 0 Å². The quantitative estimate of drug-likeness (QED) is 0.423. The van der Waals surface area contributed by atoms with Crippen molar-refractivity contribution in [3.05, 3.63) is 47.0 Å². The number of hydrogen-bond donors (Lipinski definition) is 0. The van der Waals surface area contributed by atoms with E-state index in [4.69, 9.17) is 4.74 Å². The lowest BCUT2D eigenvalue weighted by Gasteiger charge is -2.10. The largest absolute Gasteiger partial charge is 0.462 e. The smallest absolute Gasteiger partial charge is 0.333 e. The molecule has 1 aromatic rings. The average molecular weight is 260 g/mol. The molecule has 0 unspecified atom stereocenters. The van der Waals surface area contributed by atoms with Crippen LogP contribution in [0.1, 0.15) is 43.9 Å². The van der Waals surface area contributed by atoms with E-state index < -0.39 is 0 Å². The number of benzene rings is 1. The van der Waals surface area contributed by atoms with E-state index >= 15 is 0 Å². The van der Waals surface area contributed by atoms with Gasteiger partial charge in [0.15, 0.2) is 0 Å². The van der Waals surface area contributed by atoms with E-state index in [2.05, 4.69) is 38.6 Å². The second kappa shape index (κ2) is 7.78. The van der Waals surface area contributed by atoms with Gasteiger partial charge in [-0.25, -0.2) is 4.79 Å². The van der Waals surface area contributed by atoms with Gasteiger partial charge in [-0.05, 0) is 49.3 Å². The van der Waals surface area contributed by atoms with Crippen molar-refractivity contribution in [3.63, 3.8) is 0 Å². The summed E-state index contributed by atoms with van der Waals surface area (Å²) in [7, 11) is 0. The van der Waals surface area contributed by atoms with Gasteiger partial charge in [-0.3, -0.25) is 0 Å². The summed E-state index contributed by atoms with van der Waals surface area (Å²) in [6.45, 7) is 10.0. The van der Waals surface area contributed by atoms with Crippen LogP contribution < -0.4 is 0 Å². The van der Waals surface area contributed by atoms with Gasteiger partial charge in [0.2, 0.25) is 0 Å². The molecule has 0 saturated heterocycles. The molecule has 2 nitrogen and oxygen atoms in total. The van der Waals surface area contributed by atoms with Gasteiger partial charge in [0.25, 0.3) is 0 Å². The van der Waals surface area contributed by atoms with Gasteiger partial charge in [0.1, 0.15) is 0 Å². The Balaban J connectivity index is 2.52. The number of esters is 1. The normalized spacial score (nSPS) is 10.3. The number of carbonyl (C=O) groups is 1. The fourth-order valence-electron chi connectivity index (χ4n) is 2.03. The van der Waals surface area contributed by atoms with Crippen LogP contribution in [0.4, 0.5) is 0 Å². The van der Waals surface area contributed by atoms with E-state index in [9.17, 15) is 4.79 Å². The Bertz CT molecular complexity index is 447. The molecule has 2 heteroatoms. The van der Waals surface area contributed by atoms with E-state index in [0.717, 1.165) is 25.7 Å². The first-order valence-corrected chi connectivity index (χ1v) is 7.01. The van der Waals surface area contributed by atoms with Gasteiger partial charge in [-0.15, -0.1) is 0 Å². The molecule has 1 aromatic carbocycles. The van der Waals surface area contributed by atoms with Crippen molar-refractivity contribution in [2.75, 3.05) is 6.61 Å². The lowest BCUT2D eigenvalue weighted by Crippen LogP contribution is -2.07. The second-order valence-electron chi connectivity index (χ2n) is 4.83. The summed E-state index contributed by atoms with van der Waals surface area (Å²) in [6, 6.07) is 6.69. The van der Waals surface area contributed by atoms with Crippen LogP contribution in [0.2, 0.25) is 0 Å². The Kier molecular flexibility index (Phi) is 6.34. The molecule has 0 aliphatic heterocycles. The molecule has 1 rings (SSSR count). The summed E-state index contributed by atoms with van der Waals surface area (Å²) >= 11 is 0. The van der Waals surface area contributed by atoms with Crippen LogP contribution in [0.3, 0.4) is 0 Å². The third-order valence-electron chi connectivity index (χ3n) is 3.23.